The number of carbonyl (C=O) groups is 1. The van der Waals surface area contributed by atoms with Crippen molar-refractivity contribution < 1.29 is 28.8 Å². The van der Waals surface area contributed by atoms with Gasteiger partial charge >= 0.3 is 6.09 Å². The smallest absolute Gasteiger partial charge is 0.409 e. The number of nitrogens with zero attached hydrogens (tertiary/aromatic N) is 1. The molecule has 1 amide bonds. The summed E-state index contributed by atoms with van der Waals surface area (Å²) in [6.45, 7) is 6.22. The molecular formula is C21H33NO6. The van der Waals surface area contributed by atoms with Gasteiger partial charge in [-0.2, -0.15) is 0 Å². The molecule has 1 aliphatic heterocycles. The van der Waals surface area contributed by atoms with E-state index in [-0.39, 0.29) is 12.8 Å². The third-order valence-electron chi connectivity index (χ3n) is 5.15. The molecule has 1 aromatic carbocycles. The lowest BCUT2D eigenvalue weighted by atomic mass is 9.84. The second kappa shape index (κ2) is 11.1. The summed E-state index contributed by atoms with van der Waals surface area (Å²) in [5.74, 6) is 2.30. The number of rotatable bonds is 11. The Morgan fingerprint density at radius 3 is 2.68 bits per heavy atom. The lowest BCUT2D eigenvalue weighted by molar-refractivity contribution is 0.0684. The molecule has 158 valence electrons. The molecule has 7 nitrogen and oxygen atoms in total. The highest BCUT2D eigenvalue weighted by atomic mass is 16.5. The number of amides is 1. The maximum absolute atomic E-state index is 11.1. The Balaban J connectivity index is 2.00. The Labute approximate surface area is 167 Å². The van der Waals surface area contributed by atoms with Gasteiger partial charge in [0.05, 0.1) is 26.4 Å². The fraction of sp³-hybridized carbons (Fsp3) is 0.667. The average molecular weight is 395 g/mol. The summed E-state index contributed by atoms with van der Waals surface area (Å²) < 4.78 is 22.0. The molecule has 2 rings (SSSR count). The van der Waals surface area contributed by atoms with E-state index >= 15 is 0 Å². The van der Waals surface area contributed by atoms with Crippen molar-refractivity contribution in [2.75, 3.05) is 40.7 Å². The van der Waals surface area contributed by atoms with Gasteiger partial charge in [-0.15, -0.1) is 0 Å². The summed E-state index contributed by atoms with van der Waals surface area (Å²) in [4.78, 5) is 12.4. The van der Waals surface area contributed by atoms with E-state index in [2.05, 4.69) is 19.9 Å². The molecule has 1 fully saturated rings. The molecule has 1 saturated heterocycles. The standard InChI is InChI=1S/C21H33NO6/c1-15(2)17(12-18-13-22(14-28-18)21(23)24)10-16-6-7-19(26-4)20(11-16)27-9-5-8-25-3/h6-7,11,15,17-18H,5,8-10,12-14H2,1-4H3,(H,23,24). The predicted octanol–water partition coefficient (Wildman–Crippen LogP) is 3.65. The molecule has 0 radical (unpaired) electrons. The van der Waals surface area contributed by atoms with Crippen molar-refractivity contribution in [3.8, 4) is 11.5 Å². The maximum Gasteiger partial charge on any atom is 0.409 e. The summed E-state index contributed by atoms with van der Waals surface area (Å²) >= 11 is 0. The highest BCUT2D eigenvalue weighted by Crippen LogP contribution is 2.32. The lowest BCUT2D eigenvalue weighted by Gasteiger charge is -2.24. The van der Waals surface area contributed by atoms with Crippen LogP contribution in [0.1, 0.15) is 32.3 Å². The fourth-order valence-corrected chi connectivity index (χ4v) is 3.40. The van der Waals surface area contributed by atoms with Crippen LogP contribution in [-0.4, -0.2) is 62.9 Å². The van der Waals surface area contributed by atoms with Gasteiger partial charge in [0.25, 0.3) is 0 Å². The van der Waals surface area contributed by atoms with Crippen LogP contribution in [0.15, 0.2) is 18.2 Å². The normalized spacial score (nSPS) is 17.8. The third-order valence-corrected chi connectivity index (χ3v) is 5.15. The molecule has 7 heteroatoms. The van der Waals surface area contributed by atoms with Crippen LogP contribution in [0.5, 0.6) is 11.5 Å². The van der Waals surface area contributed by atoms with Crippen LogP contribution < -0.4 is 9.47 Å². The lowest BCUT2D eigenvalue weighted by Crippen LogP contribution is -2.29. The van der Waals surface area contributed by atoms with Gasteiger partial charge in [0, 0.05) is 20.1 Å². The Hall–Kier alpha value is -1.99. The van der Waals surface area contributed by atoms with Crippen LogP contribution in [0.25, 0.3) is 0 Å². The Bertz CT molecular complexity index is 621. The van der Waals surface area contributed by atoms with Crippen molar-refractivity contribution in [2.24, 2.45) is 11.8 Å². The number of hydrogen-bond donors (Lipinski definition) is 1. The Morgan fingerprint density at radius 1 is 1.29 bits per heavy atom. The first-order chi connectivity index (χ1) is 13.4. The van der Waals surface area contributed by atoms with Crippen molar-refractivity contribution in [3.05, 3.63) is 23.8 Å². The van der Waals surface area contributed by atoms with E-state index in [4.69, 9.17) is 24.1 Å². The predicted molar refractivity (Wildman–Crippen MR) is 106 cm³/mol. The van der Waals surface area contributed by atoms with E-state index in [0.717, 1.165) is 30.8 Å². The van der Waals surface area contributed by atoms with Gasteiger partial charge < -0.3 is 24.1 Å². The van der Waals surface area contributed by atoms with Crippen LogP contribution in [-0.2, 0) is 15.9 Å². The number of ether oxygens (including phenoxy) is 4. The zero-order valence-corrected chi connectivity index (χ0v) is 17.3. The van der Waals surface area contributed by atoms with Gasteiger partial charge in [-0.1, -0.05) is 19.9 Å². The van der Waals surface area contributed by atoms with Crippen LogP contribution in [0.2, 0.25) is 0 Å². The molecule has 1 aromatic rings. The largest absolute Gasteiger partial charge is 0.493 e. The Morgan fingerprint density at radius 2 is 2.07 bits per heavy atom. The van der Waals surface area contributed by atoms with Crippen LogP contribution in [0, 0.1) is 11.8 Å². The first-order valence-corrected chi connectivity index (χ1v) is 9.82. The van der Waals surface area contributed by atoms with Gasteiger partial charge in [-0.25, -0.2) is 4.79 Å². The summed E-state index contributed by atoms with van der Waals surface area (Å²) in [5.41, 5.74) is 1.18. The molecular weight excluding hydrogens is 362 g/mol. The molecule has 0 saturated carbocycles. The van der Waals surface area contributed by atoms with E-state index in [0.29, 0.717) is 31.6 Å². The van der Waals surface area contributed by atoms with Gasteiger partial charge in [0.2, 0.25) is 0 Å². The van der Waals surface area contributed by atoms with Crippen LogP contribution in [0.3, 0.4) is 0 Å². The van der Waals surface area contributed by atoms with Crippen molar-refractivity contribution in [1.82, 2.24) is 4.90 Å². The molecule has 1 aliphatic rings. The molecule has 28 heavy (non-hydrogen) atoms. The van der Waals surface area contributed by atoms with Crippen LogP contribution in [0.4, 0.5) is 4.79 Å². The minimum Gasteiger partial charge on any atom is -0.493 e. The number of carboxylic acid groups (broad SMARTS) is 1. The summed E-state index contributed by atoms with van der Waals surface area (Å²) in [7, 11) is 3.32. The fourth-order valence-electron chi connectivity index (χ4n) is 3.40. The second-order valence-corrected chi connectivity index (χ2v) is 7.55. The van der Waals surface area contributed by atoms with Crippen molar-refractivity contribution in [2.45, 2.75) is 39.2 Å². The number of methoxy groups -OCH3 is 2. The first kappa shape index (κ1) is 22.3. The molecule has 2 atom stereocenters. The highest BCUT2D eigenvalue weighted by molar-refractivity contribution is 5.65. The van der Waals surface area contributed by atoms with E-state index in [1.165, 1.54) is 10.5 Å². The number of benzene rings is 1. The van der Waals surface area contributed by atoms with Gasteiger partial charge in [-0.3, -0.25) is 4.90 Å². The monoisotopic (exact) mass is 395 g/mol. The van der Waals surface area contributed by atoms with Gasteiger partial charge in [0.1, 0.15) is 6.73 Å². The molecule has 1 N–H and O–H groups in total. The van der Waals surface area contributed by atoms with Gasteiger partial charge in [-0.05, 0) is 42.4 Å². The summed E-state index contributed by atoms with van der Waals surface area (Å²) in [6.07, 6.45) is 1.55. The summed E-state index contributed by atoms with van der Waals surface area (Å²) in [6, 6.07) is 6.05. The molecule has 0 bridgehead atoms. The molecule has 2 unspecified atom stereocenters. The minimum atomic E-state index is -0.922. The zero-order valence-electron chi connectivity index (χ0n) is 17.3. The topological polar surface area (TPSA) is 77.5 Å². The molecule has 1 heterocycles. The molecule has 0 aromatic heterocycles. The zero-order chi connectivity index (χ0) is 20.5. The van der Waals surface area contributed by atoms with E-state index < -0.39 is 6.09 Å². The van der Waals surface area contributed by atoms with E-state index in [9.17, 15) is 4.79 Å². The quantitative estimate of drug-likeness (QED) is 0.576. The Kier molecular flexibility index (Phi) is 8.86. The first-order valence-electron chi connectivity index (χ1n) is 9.82. The summed E-state index contributed by atoms with van der Waals surface area (Å²) in [5, 5.41) is 9.11. The third kappa shape index (κ3) is 6.56. The minimum absolute atomic E-state index is 0.0495. The molecule has 0 spiro atoms. The molecule has 0 aliphatic carbocycles. The van der Waals surface area contributed by atoms with Crippen molar-refractivity contribution >= 4 is 6.09 Å². The van der Waals surface area contributed by atoms with E-state index in [1.54, 1.807) is 14.2 Å². The highest BCUT2D eigenvalue weighted by Gasteiger charge is 2.29. The SMILES string of the molecule is COCCCOc1cc(CC(CC2CN(C(=O)O)CO2)C(C)C)ccc1OC. The second-order valence-electron chi connectivity index (χ2n) is 7.55. The van der Waals surface area contributed by atoms with Crippen molar-refractivity contribution in [3.63, 3.8) is 0 Å². The van der Waals surface area contributed by atoms with Crippen molar-refractivity contribution in [1.29, 1.82) is 0 Å². The number of hydrogen-bond acceptors (Lipinski definition) is 5. The average Bonchev–Trinajstić information content (AvgIpc) is 3.14. The maximum atomic E-state index is 11.1. The van der Waals surface area contributed by atoms with Crippen LogP contribution >= 0.6 is 0 Å². The van der Waals surface area contributed by atoms with E-state index in [1.807, 2.05) is 12.1 Å². The van der Waals surface area contributed by atoms with Gasteiger partial charge in [0.15, 0.2) is 11.5 Å².